The van der Waals surface area contributed by atoms with Gasteiger partial charge in [-0.15, -0.1) is 0 Å². The van der Waals surface area contributed by atoms with Crippen molar-refractivity contribution in [3.8, 4) is 0 Å². The Morgan fingerprint density at radius 2 is 2.00 bits per heavy atom. The summed E-state index contributed by atoms with van der Waals surface area (Å²) in [7, 11) is 0. The smallest absolute Gasteiger partial charge is 0.106 e. The van der Waals surface area contributed by atoms with Crippen LogP contribution in [0.15, 0.2) is 24.4 Å². The molecular formula is C12H19NO. The number of hydrogen-bond acceptors (Lipinski definition) is 2. The van der Waals surface area contributed by atoms with Crippen molar-refractivity contribution in [1.82, 2.24) is 4.98 Å². The number of pyridine rings is 1. The van der Waals surface area contributed by atoms with Crippen LogP contribution in [0.3, 0.4) is 0 Å². The van der Waals surface area contributed by atoms with Gasteiger partial charge in [0.15, 0.2) is 0 Å². The van der Waals surface area contributed by atoms with E-state index in [1.807, 2.05) is 25.1 Å². The van der Waals surface area contributed by atoms with E-state index in [-0.39, 0.29) is 5.92 Å². The zero-order chi connectivity index (χ0) is 10.6. The molecule has 1 rings (SSSR count). The first kappa shape index (κ1) is 11.2. The topological polar surface area (TPSA) is 33.1 Å². The third-order valence-corrected chi connectivity index (χ3v) is 2.96. The zero-order valence-corrected chi connectivity index (χ0v) is 9.20. The Balaban J connectivity index is 2.94. The van der Waals surface area contributed by atoms with Gasteiger partial charge in [-0.3, -0.25) is 4.98 Å². The maximum Gasteiger partial charge on any atom is 0.106 e. The molecule has 0 fully saturated rings. The maximum atomic E-state index is 10.4. The van der Waals surface area contributed by atoms with Crippen LogP contribution in [0.5, 0.6) is 0 Å². The van der Waals surface area contributed by atoms with Gasteiger partial charge in [0.25, 0.3) is 0 Å². The predicted octanol–water partition coefficient (Wildman–Crippen LogP) is 2.73. The van der Waals surface area contributed by atoms with Crippen LogP contribution < -0.4 is 0 Å². The Labute approximate surface area is 86.0 Å². The van der Waals surface area contributed by atoms with Crippen molar-refractivity contribution in [3.05, 3.63) is 30.1 Å². The number of rotatable bonds is 4. The molecular weight excluding hydrogens is 174 g/mol. The maximum absolute atomic E-state index is 10.4. The number of hydrogen-bond donors (Lipinski definition) is 1. The minimum absolute atomic E-state index is 0.275. The van der Waals surface area contributed by atoms with E-state index in [2.05, 4.69) is 18.8 Å². The van der Waals surface area contributed by atoms with E-state index in [9.17, 15) is 5.11 Å². The Bertz CT molecular complexity index is 265. The van der Waals surface area contributed by atoms with Crippen LogP contribution in [0.2, 0.25) is 0 Å². The Hall–Kier alpha value is -0.890. The molecule has 1 unspecified atom stereocenters. The van der Waals surface area contributed by atoms with Gasteiger partial charge in [0, 0.05) is 6.20 Å². The largest absolute Gasteiger partial charge is 0.384 e. The molecule has 0 aliphatic heterocycles. The fourth-order valence-corrected chi connectivity index (χ4v) is 1.95. The SMILES string of the molecule is CCC(CC)C(C)(O)c1ccccn1. The van der Waals surface area contributed by atoms with Crippen molar-refractivity contribution >= 4 is 0 Å². The Morgan fingerprint density at radius 3 is 2.43 bits per heavy atom. The van der Waals surface area contributed by atoms with Crippen molar-refractivity contribution < 1.29 is 5.11 Å². The second-order valence-corrected chi connectivity index (χ2v) is 3.88. The molecule has 78 valence electrons. The zero-order valence-electron chi connectivity index (χ0n) is 9.20. The van der Waals surface area contributed by atoms with E-state index in [4.69, 9.17) is 0 Å². The molecule has 0 saturated carbocycles. The highest BCUT2D eigenvalue weighted by molar-refractivity contribution is 5.12. The van der Waals surface area contributed by atoms with Gasteiger partial charge in [-0.2, -0.15) is 0 Å². The molecule has 0 saturated heterocycles. The molecule has 1 atom stereocenters. The first-order valence-electron chi connectivity index (χ1n) is 5.26. The van der Waals surface area contributed by atoms with Crippen LogP contribution >= 0.6 is 0 Å². The van der Waals surface area contributed by atoms with Gasteiger partial charge >= 0.3 is 0 Å². The average Bonchev–Trinajstić information content (AvgIpc) is 2.20. The first-order valence-corrected chi connectivity index (χ1v) is 5.26. The molecule has 0 aliphatic rings. The lowest BCUT2D eigenvalue weighted by atomic mass is 9.82. The van der Waals surface area contributed by atoms with Crippen LogP contribution in [-0.2, 0) is 5.60 Å². The van der Waals surface area contributed by atoms with Crippen molar-refractivity contribution in [1.29, 1.82) is 0 Å². The summed E-state index contributed by atoms with van der Waals surface area (Å²) in [5, 5.41) is 10.4. The highest BCUT2D eigenvalue weighted by Gasteiger charge is 2.32. The average molecular weight is 193 g/mol. The third-order valence-electron chi connectivity index (χ3n) is 2.96. The number of nitrogens with zero attached hydrogens (tertiary/aromatic N) is 1. The van der Waals surface area contributed by atoms with Crippen molar-refractivity contribution in [3.63, 3.8) is 0 Å². The second-order valence-electron chi connectivity index (χ2n) is 3.88. The molecule has 0 bridgehead atoms. The molecule has 1 aromatic heterocycles. The minimum Gasteiger partial charge on any atom is -0.384 e. The molecule has 0 aliphatic carbocycles. The summed E-state index contributed by atoms with van der Waals surface area (Å²) in [5.41, 5.74) is -0.0289. The van der Waals surface area contributed by atoms with Crippen LogP contribution in [-0.4, -0.2) is 10.1 Å². The summed E-state index contributed by atoms with van der Waals surface area (Å²) in [6, 6.07) is 5.67. The lowest BCUT2D eigenvalue weighted by molar-refractivity contribution is -0.0134. The Kier molecular flexibility index (Phi) is 3.64. The minimum atomic E-state index is -0.801. The van der Waals surface area contributed by atoms with Gasteiger partial charge < -0.3 is 5.11 Å². The summed E-state index contributed by atoms with van der Waals surface area (Å²) < 4.78 is 0. The van der Waals surface area contributed by atoms with Crippen LogP contribution in [0.1, 0.15) is 39.3 Å². The molecule has 1 N–H and O–H groups in total. The highest BCUT2D eigenvalue weighted by atomic mass is 16.3. The first-order chi connectivity index (χ1) is 6.62. The van der Waals surface area contributed by atoms with E-state index in [0.29, 0.717) is 0 Å². The quantitative estimate of drug-likeness (QED) is 0.797. The summed E-state index contributed by atoms with van der Waals surface area (Å²) in [4.78, 5) is 4.22. The summed E-state index contributed by atoms with van der Waals surface area (Å²) in [6.07, 6.45) is 3.67. The molecule has 0 spiro atoms. The molecule has 1 aromatic rings. The number of aromatic nitrogens is 1. The second kappa shape index (κ2) is 4.56. The van der Waals surface area contributed by atoms with Crippen LogP contribution in [0, 0.1) is 5.92 Å². The molecule has 2 heteroatoms. The lowest BCUT2D eigenvalue weighted by Gasteiger charge is -2.31. The monoisotopic (exact) mass is 193 g/mol. The van der Waals surface area contributed by atoms with Gasteiger partial charge in [-0.25, -0.2) is 0 Å². The third kappa shape index (κ3) is 2.13. The standard InChI is InChI=1S/C12H19NO/c1-4-10(5-2)12(3,14)11-8-6-7-9-13-11/h6-10,14H,4-5H2,1-3H3. The normalized spacial score (nSPS) is 15.5. The molecule has 0 radical (unpaired) electrons. The Morgan fingerprint density at radius 1 is 1.36 bits per heavy atom. The number of aliphatic hydroxyl groups is 1. The summed E-state index contributed by atoms with van der Waals surface area (Å²) in [5.74, 6) is 0.275. The van der Waals surface area contributed by atoms with Crippen molar-refractivity contribution in [2.75, 3.05) is 0 Å². The van der Waals surface area contributed by atoms with Crippen molar-refractivity contribution in [2.45, 2.75) is 39.2 Å². The van der Waals surface area contributed by atoms with Gasteiger partial charge in [0.05, 0.1) is 5.69 Å². The lowest BCUT2D eigenvalue weighted by Crippen LogP contribution is -2.32. The van der Waals surface area contributed by atoms with E-state index in [1.54, 1.807) is 6.20 Å². The van der Waals surface area contributed by atoms with Gasteiger partial charge in [-0.05, 0) is 25.0 Å². The predicted molar refractivity (Wildman–Crippen MR) is 57.9 cm³/mol. The molecule has 14 heavy (non-hydrogen) atoms. The molecule has 2 nitrogen and oxygen atoms in total. The van der Waals surface area contributed by atoms with Crippen LogP contribution in [0.4, 0.5) is 0 Å². The summed E-state index contributed by atoms with van der Waals surface area (Å²) >= 11 is 0. The fourth-order valence-electron chi connectivity index (χ4n) is 1.95. The fraction of sp³-hybridized carbons (Fsp3) is 0.583. The van der Waals surface area contributed by atoms with E-state index >= 15 is 0 Å². The highest BCUT2D eigenvalue weighted by Crippen LogP contribution is 2.32. The van der Waals surface area contributed by atoms with E-state index in [1.165, 1.54) is 0 Å². The van der Waals surface area contributed by atoms with Crippen molar-refractivity contribution in [2.24, 2.45) is 5.92 Å². The molecule has 0 amide bonds. The summed E-state index contributed by atoms with van der Waals surface area (Å²) in [6.45, 7) is 6.06. The van der Waals surface area contributed by atoms with Gasteiger partial charge in [-0.1, -0.05) is 32.8 Å². The molecule has 0 aromatic carbocycles. The van der Waals surface area contributed by atoms with Gasteiger partial charge in [0.1, 0.15) is 5.60 Å². The van der Waals surface area contributed by atoms with E-state index < -0.39 is 5.60 Å². The van der Waals surface area contributed by atoms with Gasteiger partial charge in [0.2, 0.25) is 0 Å². The van der Waals surface area contributed by atoms with E-state index in [0.717, 1.165) is 18.5 Å². The molecule has 1 heterocycles. The van der Waals surface area contributed by atoms with Crippen LogP contribution in [0.25, 0.3) is 0 Å².